The second-order valence-electron chi connectivity index (χ2n) is 5.60. The van der Waals surface area contributed by atoms with Gasteiger partial charge in [0.1, 0.15) is 0 Å². The van der Waals surface area contributed by atoms with Crippen molar-refractivity contribution in [3.63, 3.8) is 0 Å². The Kier molecular flexibility index (Phi) is 4.02. The van der Waals surface area contributed by atoms with E-state index in [1.807, 2.05) is 35.2 Å². The number of aromatic nitrogens is 4. The molecule has 0 atom stereocenters. The van der Waals surface area contributed by atoms with Crippen LogP contribution in [-0.4, -0.2) is 25.6 Å². The quantitative estimate of drug-likeness (QED) is 0.596. The van der Waals surface area contributed by atoms with Crippen molar-refractivity contribution in [3.8, 4) is 0 Å². The second kappa shape index (κ2) is 6.48. The van der Waals surface area contributed by atoms with Gasteiger partial charge >= 0.3 is 0 Å². The van der Waals surface area contributed by atoms with E-state index in [1.54, 1.807) is 29.8 Å². The molecule has 3 heterocycles. The fourth-order valence-corrected chi connectivity index (χ4v) is 3.24. The third-order valence-electron chi connectivity index (χ3n) is 3.81. The lowest BCUT2D eigenvalue weighted by Crippen LogP contribution is -2.22. The minimum atomic E-state index is -0.203. The fraction of sp³-hybridized carbons (Fsp3) is 0.176. The van der Waals surface area contributed by atoms with Crippen LogP contribution in [0.4, 0.5) is 0 Å². The van der Waals surface area contributed by atoms with Gasteiger partial charge in [0, 0.05) is 23.9 Å². The number of benzene rings is 1. The summed E-state index contributed by atoms with van der Waals surface area (Å²) >= 11 is 1.65. The average Bonchev–Trinajstić information content (AvgIpc) is 3.36. The molecule has 0 unspecified atom stereocenters. The number of fused-ring (bicyclic) bond motifs is 1. The molecule has 0 radical (unpaired) electrons. The number of aryl methyl sites for hydroxylation is 1. The topological polar surface area (TPSA) is 85.8 Å². The molecule has 0 spiro atoms. The summed E-state index contributed by atoms with van der Waals surface area (Å²) in [6.45, 7) is 0.191. The zero-order valence-electron chi connectivity index (χ0n) is 13.5. The van der Waals surface area contributed by atoms with Gasteiger partial charge in [-0.25, -0.2) is 4.98 Å². The molecule has 1 aromatic carbocycles. The number of carbonyl (C=O) groups is 1. The third-order valence-corrected chi connectivity index (χ3v) is 4.69. The van der Waals surface area contributed by atoms with Gasteiger partial charge < -0.3 is 14.4 Å². The largest absolute Gasteiger partial charge is 0.343 e. The first-order valence-corrected chi connectivity index (χ1v) is 8.60. The molecular formula is C17H15N5O2S. The fourth-order valence-electron chi connectivity index (χ4n) is 2.54. The Bertz CT molecular complexity index is 1020. The van der Waals surface area contributed by atoms with Crippen LogP contribution >= 0.6 is 11.3 Å². The molecule has 3 aromatic heterocycles. The summed E-state index contributed by atoms with van der Waals surface area (Å²) in [5.74, 6) is 0.797. The first-order valence-electron chi connectivity index (χ1n) is 7.72. The van der Waals surface area contributed by atoms with Gasteiger partial charge in [0.05, 0.1) is 23.9 Å². The van der Waals surface area contributed by atoms with E-state index in [9.17, 15) is 4.79 Å². The minimum absolute atomic E-state index is 0.191. The molecular weight excluding hydrogens is 338 g/mol. The molecule has 0 saturated carbocycles. The van der Waals surface area contributed by atoms with Crippen molar-refractivity contribution >= 4 is 28.3 Å². The maximum Gasteiger partial charge on any atom is 0.251 e. The lowest BCUT2D eigenvalue weighted by atomic mass is 10.2. The highest BCUT2D eigenvalue weighted by Gasteiger charge is 2.12. The minimum Gasteiger partial charge on any atom is -0.343 e. The summed E-state index contributed by atoms with van der Waals surface area (Å²) in [7, 11) is 1.92. The summed E-state index contributed by atoms with van der Waals surface area (Å²) in [5, 5.41) is 8.74. The van der Waals surface area contributed by atoms with Gasteiger partial charge in [-0.15, -0.1) is 11.3 Å². The maximum absolute atomic E-state index is 12.3. The van der Waals surface area contributed by atoms with E-state index in [-0.39, 0.29) is 12.5 Å². The van der Waals surface area contributed by atoms with Gasteiger partial charge in [0.15, 0.2) is 5.82 Å². The van der Waals surface area contributed by atoms with E-state index in [0.717, 1.165) is 11.0 Å². The van der Waals surface area contributed by atoms with Crippen LogP contribution in [0.15, 0.2) is 46.6 Å². The standard InChI is InChI=1S/C17H15N5O2S/c1-22-10-19-13-7-11(4-5-14(13)22)17(23)18-9-16-20-15(21-24-16)8-12-3-2-6-25-12/h2-7,10H,8-9H2,1H3,(H,18,23). The van der Waals surface area contributed by atoms with Crippen molar-refractivity contribution in [2.75, 3.05) is 0 Å². The number of hydrogen-bond acceptors (Lipinski definition) is 6. The van der Waals surface area contributed by atoms with Gasteiger partial charge in [-0.05, 0) is 29.6 Å². The predicted octanol–water partition coefficient (Wildman–Crippen LogP) is 2.54. The number of carbonyl (C=O) groups excluding carboxylic acids is 1. The van der Waals surface area contributed by atoms with Gasteiger partial charge in [-0.1, -0.05) is 11.2 Å². The van der Waals surface area contributed by atoms with Crippen molar-refractivity contribution in [1.82, 2.24) is 25.0 Å². The predicted molar refractivity (Wildman–Crippen MR) is 93.3 cm³/mol. The molecule has 0 aliphatic carbocycles. The number of nitrogens with zero attached hydrogens (tertiary/aromatic N) is 4. The second-order valence-corrected chi connectivity index (χ2v) is 6.63. The van der Waals surface area contributed by atoms with E-state index in [0.29, 0.717) is 23.7 Å². The highest BCUT2D eigenvalue weighted by atomic mass is 32.1. The molecule has 8 heteroatoms. The number of imidazole rings is 1. The molecule has 0 saturated heterocycles. The summed E-state index contributed by atoms with van der Waals surface area (Å²) in [4.78, 5) is 22.0. The Morgan fingerprint density at radius 3 is 3.12 bits per heavy atom. The van der Waals surface area contributed by atoms with Crippen LogP contribution in [0, 0.1) is 0 Å². The molecule has 0 bridgehead atoms. The van der Waals surface area contributed by atoms with Crippen LogP contribution in [0.3, 0.4) is 0 Å². The molecule has 0 aliphatic heterocycles. The van der Waals surface area contributed by atoms with Crippen molar-refractivity contribution in [2.45, 2.75) is 13.0 Å². The Morgan fingerprint density at radius 1 is 1.36 bits per heavy atom. The van der Waals surface area contributed by atoms with Crippen LogP contribution in [-0.2, 0) is 20.0 Å². The molecule has 25 heavy (non-hydrogen) atoms. The van der Waals surface area contributed by atoms with Crippen LogP contribution in [0.2, 0.25) is 0 Å². The summed E-state index contributed by atoms with van der Waals surface area (Å²) in [5.41, 5.74) is 2.31. The lowest BCUT2D eigenvalue weighted by Gasteiger charge is -2.02. The van der Waals surface area contributed by atoms with E-state index in [4.69, 9.17) is 4.52 Å². The molecule has 1 amide bonds. The highest BCUT2D eigenvalue weighted by Crippen LogP contribution is 2.15. The van der Waals surface area contributed by atoms with Gasteiger partial charge in [0.2, 0.25) is 5.89 Å². The van der Waals surface area contributed by atoms with Crippen molar-refractivity contribution in [2.24, 2.45) is 7.05 Å². The normalized spacial score (nSPS) is 11.1. The van der Waals surface area contributed by atoms with Crippen LogP contribution in [0.5, 0.6) is 0 Å². The molecule has 126 valence electrons. The summed E-state index contributed by atoms with van der Waals surface area (Å²) in [6, 6.07) is 9.43. The number of nitrogens with one attached hydrogen (secondary N) is 1. The van der Waals surface area contributed by atoms with E-state index < -0.39 is 0 Å². The van der Waals surface area contributed by atoms with Crippen molar-refractivity contribution < 1.29 is 9.32 Å². The summed E-state index contributed by atoms with van der Waals surface area (Å²) < 4.78 is 7.09. The Morgan fingerprint density at radius 2 is 2.28 bits per heavy atom. The molecule has 0 fully saturated rings. The Hall–Kier alpha value is -3.00. The number of rotatable bonds is 5. The lowest BCUT2D eigenvalue weighted by molar-refractivity contribution is 0.0946. The van der Waals surface area contributed by atoms with Gasteiger partial charge in [0.25, 0.3) is 5.91 Å². The van der Waals surface area contributed by atoms with E-state index in [1.165, 1.54) is 4.88 Å². The Balaban J connectivity index is 1.40. The van der Waals surface area contributed by atoms with Gasteiger partial charge in [-0.2, -0.15) is 4.98 Å². The number of amides is 1. The zero-order valence-corrected chi connectivity index (χ0v) is 14.3. The molecule has 1 N–H and O–H groups in total. The van der Waals surface area contributed by atoms with Gasteiger partial charge in [-0.3, -0.25) is 4.79 Å². The molecule has 7 nitrogen and oxygen atoms in total. The van der Waals surface area contributed by atoms with Crippen LogP contribution < -0.4 is 5.32 Å². The van der Waals surface area contributed by atoms with E-state index >= 15 is 0 Å². The first-order chi connectivity index (χ1) is 12.2. The van der Waals surface area contributed by atoms with E-state index in [2.05, 4.69) is 20.4 Å². The maximum atomic E-state index is 12.3. The SMILES string of the molecule is Cn1cnc2cc(C(=O)NCc3nc(Cc4cccs4)no3)ccc21. The zero-order chi connectivity index (χ0) is 17.2. The number of hydrogen-bond donors (Lipinski definition) is 1. The van der Waals surface area contributed by atoms with Crippen LogP contribution in [0.1, 0.15) is 27.0 Å². The smallest absolute Gasteiger partial charge is 0.251 e. The van der Waals surface area contributed by atoms with Crippen molar-refractivity contribution in [3.05, 3.63) is 64.2 Å². The molecule has 0 aliphatic rings. The average molecular weight is 353 g/mol. The number of thiophene rings is 1. The first kappa shape index (κ1) is 15.5. The molecule has 4 aromatic rings. The van der Waals surface area contributed by atoms with Crippen molar-refractivity contribution in [1.29, 1.82) is 0 Å². The van der Waals surface area contributed by atoms with Crippen LogP contribution in [0.25, 0.3) is 11.0 Å². The Labute approximate surface area is 147 Å². The molecule has 4 rings (SSSR count). The monoisotopic (exact) mass is 353 g/mol. The third kappa shape index (κ3) is 3.29. The highest BCUT2D eigenvalue weighted by molar-refractivity contribution is 7.09. The summed E-state index contributed by atoms with van der Waals surface area (Å²) in [6.07, 6.45) is 2.35.